The summed E-state index contributed by atoms with van der Waals surface area (Å²) in [5.74, 6) is -0.123. The Labute approximate surface area is 192 Å². The van der Waals surface area contributed by atoms with E-state index in [0.717, 1.165) is 30.2 Å². The number of methoxy groups -OCH3 is 1. The number of aromatic nitrogens is 1. The van der Waals surface area contributed by atoms with Crippen LogP contribution in [0.5, 0.6) is 5.75 Å². The topological polar surface area (TPSA) is 136 Å². The number of piperidine rings is 1. The van der Waals surface area contributed by atoms with Gasteiger partial charge >= 0.3 is 0 Å². The fourth-order valence-electron chi connectivity index (χ4n) is 4.34. The second-order valence-electron chi connectivity index (χ2n) is 8.87. The molecule has 2 aromatic rings. The maximum Gasteiger partial charge on any atom is 0.268 e. The number of fused-ring (bicyclic) bond motifs is 1. The van der Waals surface area contributed by atoms with Gasteiger partial charge in [0.05, 0.1) is 13.2 Å². The number of nitrogens with one attached hydrogen (secondary N) is 4. The van der Waals surface area contributed by atoms with Gasteiger partial charge in [-0.2, -0.15) is 5.26 Å². The van der Waals surface area contributed by atoms with E-state index in [2.05, 4.69) is 27.0 Å². The molecule has 2 fully saturated rings. The molecule has 1 aliphatic heterocycles. The van der Waals surface area contributed by atoms with Gasteiger partial charge in [-0.3, -0.25) is 14.4 Å². The van der Waals surface area contributed by atoms with E-state index in [1.807, 2.05) is 18.2 Å². The predicted octanol–water partition coefficient (Wildman–Crippen LogP) is 2.00. The molecule has 2 heterocycles. The lowest BCUT2D eigenvalue weighted by Crippen LogP contribution is -2.50. The van der Waals surface area contributed by atoms with Gasteiger partial charge in [-0.05, 0) is 49.8 Å². The van der Waals surface area contributed by atoms with Crippen LogP contribution in [0.4, 0.5) is 0 Å². The maximum atomic E-state index is 13.0. The zero-order valence-electron chi connectivity index (χ0n) is 18.6. The first-order valence-electron chi connectivity index (χ1n) is 11.4. The van der Waals surface area contributed by atoms with Crippen LogP contribution in [0, 0.1) is 23.2 Å². The van der Waals surface area contributed by atoms with E-state index in [9.17, 15) is 19.6 Å². The predicted molar refractivity (Wildman–Crippen MR) is 121 cm³/mol. The number of hydrogen-bond acceptors (Lipinski definition) is 5. The Bertz CT molecular complexity index is 1080. The van der Waals surface area contributed by atoms with Gasteiger partial charge in [0.25, 0.3) is 5.91 Å². The Kier molecular flexibility index (Phi) is 6.82. The SMILES string of the molecule is COc1cccc2[nH]c(C(=O)N[C@@H](CC3CC3)C(=O)N[C@H](C#N)C[C@@H]3CCCNC3=O)cc12. The molecular weight excluding hydrogens is 422 g/mol. The van der Waals surface area contributed by atoms with E-state index in [1.54, 1.807) is 13.2 Å². The largest absolute Gasteiger partial charge is 0.496 e. The molecular formula is C24H29N5O4. The highest BCUT2D eigenvalue weighted by Crippen LogP contribution is 2.34. The summed E-state index contributed by atoms with van der Waals surface area (Å²) in [7, 11) is 1.57. The minimum Gasteiger partial charge on any atom is -0.496 e. The summed E-state index contributed by atoms with van der Waals surface area (Å²) in [4.78, 5) is 41.1. The molecule has 1 saturated heterocycles. The number of benzene rings is 1. The van der Waals surface area contributed by atoms with Gasteiger partial charge in [-0.1, -0.05) is 18.9 Å². The van der Waals surface area contributed by atoms with Gasteiger partial charge in [-0.25, -0.2) is 0 Å². The first-order valence-corrected chi connectivity index (χ1v) is 11.4. The van der Waals surface area contributed by atoms with Crippen LogP contribution in [0.2, 0.25) is 0 Å². The second-order valence-corrected chi connectivity index (χ2v) is 8.87. The number of H-pyrrole nitrogens is 1. The molecule has 4 N–H and O–H groups in total. The number of nitriles is 1. The van der Waals surface area contributed by atoms with Crippen molar-refractivity contribution in [1.29, 1.82) is 5.26 Å². The Morgan fingerprint density at radius 1 is 1.24 bits per heavy atom. The van der Waals surface area contributed by atoms with Crippen molar-refractivity contribution in [3.63, 3.8) is 0 Å². The number of amides is 3. The third-order valence-corrected chi connectivity index (χ3v) is 6.37. The molecule has 0 radical (unpaired) electrons. The third-order valence-electron chi connectivity index (χ3n) is 6.37. The molecule has 0 unspecified atom stereocenters. The smallest absolute Gasteiger partial charge is 0.268 e. The first-order chi connectivity index (χ1) is 16.0. The van der Waals surface area contributed by atoms with Crippen LogP contribution in [0.15, 0.2) is 24.3 Å². The summed E-state index contributed by atoms with van der Waals surface area (Å²) in [5.41, 5.74) is 1.09. The fraction of sp³-hybridized carbons (Fsp3) is 0.500. The van der Waals surface area contributed by atoms with Crippen molar-refractivity contribution in [3.8, 4) is 11.8 Å². The number of aromatic amines is 1. The standard InChI is InChI=1S/C24H29N5O4/c1-33-21-6-2-5-18-17(21)12-20(28-18)24(32)29-19(10-14-7-8-14)23(31)27-16(13-25)11-15-4-3-9-26-22(15)30/h2,5-6,12,14-16,19,28H,3-4,7-11H2,1H3,(H,26,30)(H,27,31)(H,29,32)/t15-,16-,19-/m0/s1. The number of nitrogens with zero attached hydrogens (tertiary/aromatic N) is 1. The van der Waals surface area contributed by atoms with E-state index in [1.165, 1.54) is 0 Å². The molecule has 9 heteroatoms. The monoisotopic (exact) mass is 451 g/mol. The average molecular weight is 452 g/mol. The van der Waals surface area contributed by atoms with Crippen LogP contribution in [0.25, 0.3) is 10.9 Å². The highest BCUT2D eigenvalue weighted by Gasteiger charge is 2.33. The van der Waals surface area contributed by atoms with Gasteiger partial charge in [-0.15, -0.1) is 0 Å². The molecule has 1 aliphatic carbocycles. The molecule has 1 aromatic heterocycles. The lowest BCUT2D eigenvalue weighted by molar-refractivity contribution is -0.128. The molecule has 9 nitrogen and oxygen atoms in total. The summed E-state index contributed by atoms with van der Waals surface area (Å²) in [6.45, 7) is 0.647. The van der Waals surface area contributed by atoms with Gasteiger partial charge in [0, 0.05) is 23.4 Å². The summed E-state index contributed by atoms with van der Waals surface area (Å²) < 4.78 is 5.35. The van der Waals surface area contributed by atoms with Gasteiger partial charge < -0.3 is 25.7 Å². The van der Waals surface area contributed by atoms with E-state index >= 15 is 0 Å². The molecule has 0 spiro atoms. The van der Waals surface area contributed by atoms with Crippen LogP contribution >= 0.6 is 0 Å². The number of ether oxygens (including phenoxy) is 1. The minimum atomic E-state index is -0.790. The molecule has 1 aromatic carbocycles. The molecule has 3 atom stereocenters. The van der Waals surface area contributed by atoms with Crippen LogP contribution in [0.3, 0.4) is 0 Å². The van der Waals surface area contributed by atoms with Crippen molar-refractivity contribution in [2.45, 2.75) is 50.6 Å². The summed E-state index contributed by atoms with van der Waals surface area (Å²) in [5, 5.41) is 18.7. The minimum absolute atomic E-state index is 0.0761. The normalized spacial score (nSPS) is 19.8. The maximum absolute atomic E-state index is 13.0. The highest BCUT2D eigenvalue weighted by atomic mass is 16.5. The van der Waals surface area contributed by atoms with Crippen LogP contribution < -0.4 is 20.7 Å². The summed E-state index contributed by atoms with van der Waals surface area (Å²) in [6, 6.07) is 7.75. The second kappa shape index (κ2) is 9.94. The van der Waals surface area contributed by atoms with Crippen LogP contribution in [-0.4, -0.2) is 48.4 Å². The zero-order chi connectivity index (χ0) is 23.4. The number of hydrogen-bond donors (Lipinski definition) is 4. The van der Waals surface area contributed by atoms with Crippen LogP contribution in [0.1, 0.15) is 49.0 Å². The fourth-order valence-corrected chi connectivity index (χ4v) is 4.34. The molecule has 174 valence electrons. The summed E-state index contributed by atoms with van der Waals surface area (Å²) in [6.07, 6.45) is 4.38. The molecule has 2 aliphatic rings. The van der Waals surface area contributed by atoms with Crippen molar-refractivity contribution in [1.82, 2.24) is 20.9 Å². The van der Waals surface area contributed by atoms with E-state index in [-0.39, 0.29) is 18.2 Å². The van der Waals surface area contributed by atoms with Crippen LogP contribution in [-0.2, 0) is 9.59 Å². The van der Waals surface area contributed by atoms with Crippen molar-refractivity contribution < 1.29 is 19.1 Å². The number of carbonyl (C=O) groups is 3. The van der Waals surface area contributed by atoms with Crippen molar-refractivity contribution in [2.24, 2.45) is 11.8 Å². The molecule has 4 rings (SSSR count). The average Bonchev–Trinajstić information content (AvgIpc) is 3.53. The van der Waals surface area contributed by atoms with Gasteiger partial charge in [0.15, 0.2) is 0 Å². The Hall–Kier alpha value is -3.54. The Morgan fingerprint density at radius 3 is 2.76 bits per heavy atom. The lowest BCUT2D eigenvalue weighted by atomic mass is 9.92. The van der Waals surface area contributed by atoms with Gasteiger partial charge in [0.1, 0.15) is 23.5 Å². The Morgan fingerprint density at radius 2 is 2.06 bits per heavy atom. The van der Waals surface area contributed by atoms with Crippen molar-refractivity contribution in [2.75, 3.05) is 13.7 Å². The van der Waals surface area contributed by atoms with E-state index < -0.39 is 23.9 Å². The van der Waals surface area contributed by atoms with Crippen molar-refractivity contribution >= 4 is 28.6 Å². The summed E-state index contributed by atoms with van der Waals surface area (Å²) >= 11 is 0. The van der Waals surface area contributed by atoms with E-state index in [0.29, 0.717) is 36.7 Å². The number of carbonyl (C=O) groups excluding carboxylic acids is 3. The van der Waals surface area contributed by atoms with Crippen molar-refractivity contribution in [3.05, 3.63) is 30.0 Å². The highest BCUT2D eigenvalue weighted by molar-refractivity contribution is 6.01. The molecule has 3 amide bonds. The Balaban J connectivity index is 1.43. The zero-order valence-corrected chi connectivity index (χ0v) is 18.6. The van der Waals surface area contributed by atoms with Gasteiger partial charge in [0.2, 0.25) is 11.8 Å². The molecule has 1 saturated carbocycles. The first kappa shape index (κ1) is 22.6. The molecule has 0 bridgehead atoms. The quantitative estimate of drug-likeness (QED) is 0.462. The molecule has 33 heavy (non-hydrogen) atoms. The third kappa shape index (κ3) is 5.45. The lowest BCUT2D eigenvalue weighted by Gasteiger charge is -2.25. The van der Waals surface area contributed by atoms with E-state index in [4.69, 9.17) is 4.74 Å². The number of rotatable bonds is 9.